The van der Waals surface area contributed by atoms with Crippen LogP contribution in [0.1, 0.15) is 12.8 Å². The van der Waals surface area contributed by atoms with Crippen LogP contribution in [0.25, 0.3) is 0 Å². The van der Waals surface area contributed by atoms with Crippen LogP contribution in [0.3, 0.4) is 0 Å². The summed E-state index contributed by atoms with van der Waals surface area (Å²) in [5.41, 5.74) is 0.0682. The number of sulfone groups is 1. The quantitative estimate of drug-likeness (QED) is 0.865. The van der Waals surface area contributed by atoms with Gasteiger partial charge < -0.3 is 10.6 Å². The van der Waals surface area contributed by atoms with E-state index in [2.05, 4.69) is 10.6 Å². The Morgan fingerprint density at radius 2 is 2.05 bits per heavy atom. The van der Waals surface area contributed by atoms with Crippen LogP contribution in [-0.2, 0) is 9.84 Å². The van der Waals surface area contributed by atoms with Crippen molar-refractivity contribution >= 4 is 21.6 Å². The standard InChI is InChI=1S/C12H15FN2O3S/c13-10-5-1-2-6-11(10)15-12(16)14-9-4-3-7-19(17,18)8-9/h1-2,5-6,9H,3-4,7-8H2,(H2,14,15,16). The number of amides is 2. The van der Waals surface area contributed by atoms with E-state index < -0.39 is 27.7 Å². The van der Waals surface area contributed by atoms with Crippen molar-refractivity contribution < 1.29 is 17.6 Å². The van der Waals surface area contributed by atoms with E-state index in [-0.39, 0.29) is 17.2 Å². The Bertz CT molecular complexity index is 574. The van der Waals surface area contributed by atoms with Gasteiger partial charge in [0.05, 0.1) is 17.2 Å². The average Bonchev–Trinajstić information content (AvgIpc) is 2.30. The maximum atomic E-state index is 13.3. The number of hydrogen-bond acceptors (Lipinski definition) is 3. The molecule has 2 amide bonds. The highest BCUT2D eigenvalue weighted by Crippen LogP contribution is 2.14. The Morgan fingerprint density at radius 1 is 1.32 bits per heavy atom. The Labute approximate surface area is 111 Å². The van der Waals surface area contributed by atoms with Gasteiger partial charge in [-0.2, -0.15) is 0 Å². The normalized spacial score (nSPS) is 21.6. The zero-order valence-corrected chi connectivity index (χ0v) is 11.0. The maximum absolute atomic E-state index is 13.3. The van der Waals surface area contributed by atoms with Crippen LogP contribution in [0.5, 0.6) is 0 Å². The highest BCUT2D eigenvalue weighted by Gasteiger charge is 2.25. The van der Waals surface area contributed by atoms with E-state index in [9.17, 15) is 17.6 Å². The van der Waals surface area contributed by atoms with E-state index in [4.69, 9.17) is 0 Å². The van der Waals surface area contributed by atoms with Gasteiger partial charge in [0.15, 0.2) is 9.84 Å². The summed E-state index contributed by atoms with van der Waals surface area (Å²) in [7, 11) is -3.08. The minimum absolute atomic E-state index is 0.0578. The first-order chi connectivity index (χ1) is 8.96. The molecule has 2 rings (SSSR count). The average molecular weight is 286 g/mol. The van der Waals surface area contributed by atoms with Crippen LogP contribution in [-0.4, -0.2) is 32.0 Å². The van der Waals surface area contributed by atoms with Crippen molar-refractivity contribution in [2.75, 3.05) is 16.8 Å². The lowest BCUT2D eigenvalue weighted by Crippen LogP contribution is -2.45. The lowest BCUT2D eigenvalue weighted by Gasteiger charge is -2.23. The first-order valence-corrected chi connectivity index (χ1v) is 7.81. The number of benzene rings is 1. The molecule has 7 heteroatoms. The van der Waals surface area contributed by atoms with Gasteiger partial charge in [0.2, 0.25) is 0 Å². The molecule has 1 heterocycles. The fourth-order valence-corrected chi connectivity index (χ4v) is 3.68. The molecule has 0 spiro atoms. The minimum Gasteiger partial charge on any atom is -0.334 e. The van der Waals surface area contributed by atoms with Crippen molar-refractivity contribution in [3.63, 3.8) is 0 Å². The van der Waals surface area contributed by atoms with Gasteiger partial charge in [0.25, 0.3) is 0 Å². The van der Waals surface area contributed by atoms with E-state index in [1.165, 1.54) is 18.2 Å². The number of halogens is 1. The topological polar surface area (TPSA) is 75.3 Å². The van der Waals surface area contributed by atoms with E-state index in [1.54, 1.807) is 6.07 Å². The monoisotopic (exact) mass is 286 g/mol. The maximum Gasteiger partial charge on any atom is 0.319 e. The van der Waals surface area contributed by atoms with Gasteiger partial charge in [-0.1, -0.05) is 12.1 Å². The van der Waals surface area contributed by atoms with Gasteiger partial charge in [0.1, 0.15) is 5.82 Å². The summed E-state index contributed by atoms with van der Waals surface area (Å²) in [6.07, 6.45) is 1.15. The van der Waals surface area contributed by atoms with Crippen molar-refractivity contribution in [2.24, 2.45) is 0 Å². The smallest absolute Gasteiger partial charge is 0.319 e. The van der Waals surface area contributed by atoms with Crippen molar-refractivity contribution in [1.29, 1.82) is 0 Å². The second-order valence-corrected chi connectivity index (χ2v) is 6.76. The second kappa shape index (κ2) is 5.56. The van der Waals surface area contributed by atoms with Crippen LogP contribution in [0.4, 0.5) is 14.9 Å². The molecule has 104 valence electrons. The summed E-state index contributed by atoms with van der Waals surface area (Å²) >= 11 is 0. The van der Waals surface area contributed by atoms with E-state index in [0.717, 1.165) is 0 Å². The molecule has 1 aliphatic rings. The first-order valence-electron chi connectivity index (χ1n) is 5.99. The van der Waals surface area contributed by atoms with Gasteiger partial charge in [-0.05, 0) is 25.0 Å². The van der Waals surface area contributed by atoms with Crippen LogP contribution in [0.15, 0.2) is 24.3 Å². The molecule has 1 aromatic rings. The fourth-order valence-electron chi connectivity index (χ4n) is 2.04. The number of rotatable bonds is 2. The zero-order chi connectivity index (χ0) is 13.9. The predicted octanol–water partition coefficient (Wildman–Crippen LogP) is 1.52. The molecule has 0 saturated carbocycles. The van der Waals surface area contributed by atoms with Gasteiger partial charge in [-0.3, -0.25) is 0 Å². The molecule has 1 fully saturated rings. The molecule has 2 N–H and O–H groups in total. The van der Waals surface area contributed by atoms with Crippen LogP contribution >= 0.6 is 0 Å². The van der Waals surface area contributed by atoms with Gasteiger partial charge in [-0.15, -0.1) is 0 Å². The minimum atomic E-state index is -3.08. The number of anilines is 1. The summed E-state index contributed by atoms with van der Waals surface area (Å²) in [5, 5.41) is 4.92. The molecule has 0 aromatic heterocycles. The molecule has 1 saturated heterocycles. The van der Waals surface area contributed by atoms with E-state index in [1.807, 2.05) is 0 Å². The molecule has 0 radical (unpaired) electrons. The van der Waals surface area contributed by atoms with Gasteiger partial charge in [-0.25, -0.2) is 17.6 Å². The van der Waals surface area contributed by atoms with Crippen molar-refractivity contribution in [3.05, 3.63) is 30.1 Å². The van der Waals surface area contributed by atoms with Crippen molar-refractivity contribution in [3.8, 4) is 0 Å². The van der Waals surface area contributed by atoms with Crippen LogP contribution in [0, 0.1) is 5.82 Å². The summed E-state index contributed by atoms with van der Waals surface area (Å²) in [5.74, 6) is -0.424. The molecule has 0 bridgehead atoms. The largest absolute Gasteiger partial charge is 0.334 e. The molecular formula is C12H15FN2O3S. The Morgan fingerprint density at radius 3 is 2.74 bits per heavy atom. The third-order valence-electron chi connectivity index (χ3n) is 2.92. The SMILES string of the molecule is O=C(Nc1ccccc1F)NC1CCCS(=O)(=O)C1. The number of hydrogen-bond donors (Lipinski definition) is 2. The number of carbonyl (C=O) groups excluding carboxylic acids is 1. The third kappa shape index (κ3) is 3.92. The molecule has 5 nitrogen and oxygen atoms in total. The van der Waals surface area contributed by atoms with Gasteiger partial charge in [0, 0.05) is 6.04 Å². The molecule has 19 heavy (non-hydrogen) atoms. The van der Waals surface area contributed by atoms with E-state index >= 15 is 0 Å². The fraction of sp³-hybridized carbons (Fsp3) is 0.417. The first kappa shape index (κ1) is 13.8. The highest BCUT2D eigenvalue weighted by molar-refractivity contribution is 7.91. The zero-order valence-electron chi connectivity index (χ0n) is 10.2. The van der Waals surface area contributed by atoms with Crippen molar-refractivity contribution in [1.82, 2.24) is 5.32 Å². The predicted molar refractivity (Wildman–Crippen MR) is 70.2 cm³/mol. The number of urea groups is 1. The summed E-state index contributed by atoms with van der Waals surface area (Å²) in [6, 6.07) is 4.79. The Kier molecular flexibility index (Phi) is 4.04. The van der Waals surface area contributed by atoms with Crippen LogP contribution in [0.2, 0.25) is 0 Å². The van der Waals surface area contributed by atoms with Crippen LogP contribution < -0.4 is 10.6 Å². The summed E-state index contributed by atoms with van der Waals surface area (Å²) in [4.78, 5) is 11.7. The molecule has 1 aliphatic heterocycles. The Hall–Kier alpha value is -1.63. The van der Waals surface area contributed by atoms with Crippen molar-refractivity contribution in [2.45, 2.75) is 18.9 Å². The lowest BCUT2D eigenvalue weighted by molar-refractivity contribution is 0.248. The third-order valence-corrected chi connectivity index (χ3v) is 4.74. The number of nitrogens with one attached hydrogen (secondary N) is 2. The Balaban J connectivity index is 1.93. The molecule has 1 aromatic carbocycles. The van der Waals surface area contributed by atoms with E-state index in [0.29, 0.717) is 12.8 Å². The second-order valence-electron chi connectivity index (χ2n) is 4.53. The highest BCUT2D eigenvalue weighted by atomic mass is 32.2. The number of para-hydroxylation sites is 1. The number of carbonyl (C=O) groups is 1. The molecular weight excluding hydrogens is 271 g/mol. The summed E-state index contributed by atoms with van der Waals surface area (Å²) < 4.78 is 36.2. The molecule has 1 atom stereocenters. The summed E-state index contributed by atoms with van der Waals surface area (Å²) in [6.45, 7) is 0. The molecule has 1 unspecified atom stereocenters. The molecule has 0 aliphatic carbocycles. The van der Waals surface area contributed by atoms with Gasteiger partial charge >= 0.3 is 6.03 Å². The lowest BCUT2D eigenvalue weighted by atomic mass is 10.2.